The van der Waals surface area contributed by atoms with Gasteiger partial charge < -0.3 is 15.2 Å². The number of aryl methyl sites for hydroxylation is 2. The van der Waals surface area contributed by atoms with Gasteiger partial charge in [-0.05, 0) is 37.6 Å². The number of hydrogen-bond acceptors (Lipinski definition) is 5. The Hall–Kier alpha value is -2.41. The van der Waals surface area contributed by atoms with Crippen molar-refractivity contribution < 1.29 is 14.1 Å². The SMILES string of the molecule is Cc1noc(CNC(=O)C(=O)Nc2ccc(Cl)cc2C)n1. The first-order valence-corrected chi connectivity index (χ1v) is 6.48. The van der Waals surface area contributed by atoms with E-state index in [2.05, 4.69) is 20.8 Å². The molecule has 0 fully saturated rings. The van der Waals surface area contributed by atoms with Crippen molar-refractivity contribution in [1.82, 2.24) is 15.5 Å². The molecule has 1 aromatic heterocycles. The number of amides is 2. The van der Waals surface area contributed by atoms with Gasteiger partial charge in [0.25, 0.3) is 0 Å². The van der Waals surface area contributed by atoms with Gasteiger partial charge in [-0.1, -0.05) is 16.8 Å². The molecule has 2 amide bonds. The summed E-state index contributed by atoms with van der Waals surface area (Å²) in [5, 5.41) is 9.03. The molecular weight excluding hydrogens is 296 g/mol. The molecule has 0 atom stereocenters. The Kier molecular flexibility index (Phi) is 4.54. The molecular formula is C13H13ClN4O3. The molecule has 0 spiro atoms. The van der Waals surface area contributed by atoms with Gasteiger partial charge in [0.1, 0.15) is 0 Å². The van der Waals surface area contributed by atoms with E-state index in [0.29, 0.717) is 16.5 Å². The number of benzene rings is 1. The van der Waals surface area contributed by atoms with Crippen molar-refractivity contribution in [2.24, 2.45) is 0 Å². The van der Waals surface area contributed by atoms with Gasteiger partial charge in [0.15, 0.2) is 5.82 Å². The third-order valence-corrected chi connectivity index (χ3v) is 2.85. The summed E-state index contributed by atoms with van der Waals surface area (Å²) in [5.74, 6) is -0.881. The monoisotopic (exact) mass is 308 g/mol. The maximum absolute atomic E-state index is 11.8. The van der Waals surface area contributed by atoms with Crippen molar-refractivity contribution in [1.29, 1.82) is 0 Å². The number of carbonyl (C=O) groups excluding carboxylic acids is 2. The molecule has 110 valence electrons. The smallest absolute Gasteiger partial charge is 0.313 e. The van der Waals surface area contributed by atoms with Gasteiger partial charge in [-0.3, -0.25) is 9.59 Å². The molecule has 0 bridgehead atoms. The fourth-order valence-electron chi connectivity index (χ4n) is 1.59. The van der Waals surface area contributed by atoms with Crippen molar-refractivity contribution in [3.8, 4) is 0 Å². The van der Waals surface area contributed by atoms with Gasteiger partial charge in [-0.25, -0.2) is 0 Å². The Balaban J connectivity index is 1.91. The van der Waals surface area contributed by atoms with E-state index in [0.717, 1.165) is 5.56 Å². The van der Waals surface area contributed by atoms with Gasteiger partial charge in [0.05, 0.1) is 6.54 Å². The van der Waals surface area contributed by atoms with Gasteiger partial charge in [-0.15, -0.1) is 0 Å². The minimum atomic E-state index is -0.791. The molecule has 0 aliphatic carbocycles. The first kappa shape index (κ1) is 15.0. The lowest BCUT2D eigenvalue weighted by Gasteiger charge is -2.08. The quantitative estimate of drug-likeness (QED) is 0.839. The highest BCUT2D eigenvalue weighted by Crippen LogP contribution is 2.19. The number of hydrogen-bond donors (Lipinski definition) is 2. The minimum Gasteiger partial charge on any atom is -0.339 e. The van der Waals surface area contributed by atoms with E-state index in [9.17, 15) is 9.59 Å². The molecule has 2 aromatic rings. The van der Waals surface area contributed by atoms with E-state index in [-0.39, 0.29) is 12.4 Å². The van der Waals surface area contributed by atoms with Crippen LogP contribution in [0.4, 0.5) is 5.69 Å². The Bertz CT molecular complexity index is 684. The van der Waals surface area contributed by atoms with Crippen molar-refractivity contribution in [3.63, 3.8) is 0 Å². The molecule has 0 aliphatic heterocycles. The zero-order valence-electron chi connectivity index (χ0n) is 11.4. The van der Waals surface area contributed by atoms with Gasteiger partial charge >= 0.3 is 11.8 Å². The summed E-state index contributed by atoms with van der Waals surface area (Å²) in [7, 11) is 0. The molecule has 0 radical (unpaired) electrons. The second-order valence-corrected chi connectivity index (χ2v) is 4.77. The molecule has 0 unspecified atom stereocenters. The standard InChI is InChI=1S/C13H13ClN4O3/c1-7-5-9(14)3-4-10(7)17-13(20)12(19)15-6-11-16-8(2)18-21-11/h3-5H,6H2,1-2H3,(H,15,19)(H,17,20). The largest absolute Gasteiger partial charge is 0.339 e. The van der Waals surface area contributed by atoms with Gasteiger partial charge in [0.2, 0.25) is 5.89 Å². The van der Waals surface area contributed by atoms with E-state index >= 15 is 0 Å². The lowest BCUT2D eigenvalue weighted by molar-refractivity contribution is -0.136. The molecule has 2 rings (SSSR count). The number of carbonyl (C=O) groups is 2. The van der Waals surface area contributed by atoms with E-state index in [1.54, 1.807) is 32.0 Å². The number of halogens is 1. The second-order valence-electron chi connectivity index (χ2n) is 4.33. The number of nitrogens with zero attached hydrogens (tertiary/aromatic N) is 2. The minimum absolute atomic E-state index is 0.00725. The normalized spacial score (nSPS) is 10.2. The maximum Gasteiger partial charge on any atom is 0.313 e. The van der Waals surface area contributed by atoms with Gasteiger partial charge in [-0.2, -0.15) is 4.98 Å². The molecule has 1 aromatic carbocycles. The fourth-order valence-corrected chi connectivity index (χ4v) is 1.82. The van der Waals surface area contributed by atoms with Crippen LogP contribution in [0.25, 0.3) is 0 Å². The van der Waals surface area contributed by atoms with Crippen molar-refractivity contribution in [3.05, 3.63) is 40.5 Å². The predicted octanol–water partition coefficient (Wildman–Crippen LogP) is 1.59. The van der Waals surface area contributed by atoms with E-state index in [4.69, 9.17) is 16.1 Å². The summed E-state index contributed by atoms with van der Waals surface area (Å²) < 4.78 is 4.82. The fraction of sp³-hybridized carbons (Fsp3) is 0.231. The summed E-state index contributed by atoms with van der Waals surface area (Å²) in [6.07, 6.45) is 0. The third kappa shape index (κ3) is 4.03. The molecule has 21 heavy (non-hydrogen) atoms. The Morgan fingerprint density at radius 1 is 1.29 bits per heavy atom. The molecule has 1 heterocycles. The third-order valence-electron chi connectivity index (χ3n) is 2.61. The predicted molar refractivity (Wildman–Crippen MR) is 75.7 cm³/mol. The molecule has 0 aliphatic rings. The number of anilines is 1. The Labute approximate surface area is 125 Å². The topological polar surface area (TPSA) is 97.1 Å². The summed E-state index contributed by atoms with van der Waals surface area (Å²) in [4.78, 5) is 27.3. The highest BCUT2D eigenvalue weighted by Gasteiger charge is 2.15. The van der Waals surface area contributed by atoms with Crippen molar-refractivity contribution in [2.45, 2.75) is 20.4 Å². The summed E-state index contributed by atoms with van der Waals surface area (Å²) in [6, 6.07) is 4.95. The van der Waals surface area contributed by atoms with E-state index in [1.165, 1.54) is 0 Å². The van der Waals surface area contributed by atoms with Crippen LogP contribution in [-0.2, 0) is 16.1 Å². The average Bonchev–Trinajstić information content (AvgIpc) is 2.85. The molecule has 0 saturated heterocycles. The van der Waals surface area contributed by atoms with Crippen molar-refractivity contribution >= 4 is 29.1 Å². The van der Waals surface area contributed by atoms with Crippen LogP contribution in [-0.4, -0.2) is 22.0 Å². The van der Waals surface area contributed by atoms with Crippen LogP contribution in [0.3, 0.4) is 0 Å². The molecule has 2 N–H and O–H groups in total. The number of rotatable bonds is 3. The lowest BCUT2D eigenvalue weighted by atomic mass is 10.2. The first-order chi connectivity index (χ1) is 9.95. The lowest BCUT2D eigenvalue weighted by Crippen LogP contribution is -2.35. The number of aromatic nitrogens is 2. The van der Waals surface area contributed by atoms with E-state index in [1.807, 2.05) is 0 Å². The summed E-state index contributed by atoms with van der Waals surface area (Å²) in [5.41, 5.74) is 1.28. The van der Waals surface area contributed by atoms with Crippen LogP contribution in [0.1, 0.15) is 17.3 Å². The highest BCUT2D eigenvalue weighted by atomic mass is 35.5. The summed E-state index contributed by atoms with van der Waals surface area (Å²) in [6.45, 7) is 3.43. The Morgan fingerprint density at radius 2 is 2.05 bits per heavy atom. The average molecular weight is 309 g/mol. The molecule has 7 nitrogen and oxygen atoms in total. The van der Waals surface area contributed by atoms with Gasteiger partial charge in [0, 0.05) is 10.7 Å². The van der Waals surface area contributed by atoms with Crippen LogP contribution >= 0.6 is 11.6 Å². The Morgan fingerprint density at radius 3 is 2.67 bits per heavy atom. The first-order valence-electron chi connectivity index (χ1n) is 6.10. The maximum atomic E-state index is 11.8. The summed E-state index contributed by atoms with van der Waals surface area (Å²) >= 11 is 5.82. The highest BCUT2D eigenvalue weighted by molar-refractivity contribution is 6.39. The van der Waals surface area contributed by atoms with E-state index < -0.39 is 11.8 Å². The molecule has 0 saturated carbocycles. The zero-order valence-corrected chi connectivity index (χ0v) is 12.2. The zero-order chi connectivity index (χ0) is 15.4. The van der Waals surface area contributed by atoms with Crippen LogP contribution < -0.4 is 10.6 Å². The van der Waals surface area contributed by atoms with Crippen LogP contribution in [0.2, 0.25) is 5.02 Å². The van der Waals surface area contributed by atoms with Crippen LogP contribution in [0, 0.1) is 13.8 Å². The van der Waals surface area contributed by atoms with Crippen LogP contribution in [0.15, 0.2) is 22.7 Å². The van der Waals surface area contributed by atoms with Crippen molar-refractivity contribution in [2.75, 3.05) is 5.32 Å². The van der Waals surface area contributed by atoms with Crippen LogP contribution in [0.5, 0.6) is 0 Å². The second kappa shape index (κ2) is 6.36. The number of nitrogens with one attached hydrogen (secondary N) is 2. The molecule has 8 heteroatoms.